The van der Waals surface area contributed by atoms with E-state index in [9.17, 15) is 4.79 Å². The van der Waals surface area contributed by atoms with Crippen molar-refractivity contribution in [2.45, 2.75) is 6.54 Å². The Morgan fingerprint density at radius 2 is 2.33 bits per heavy atom. The fourth-order valence-electron chi connectivity index (χ4n) is 1.30. The van der Waals surface area contributed by atoms with Crippen LogP contribution in [0.3, 0.4) is 0 Å². The Morgan fingerprint density at radius 3 is 3.00 bits per heavy atom. The van der Waals surface area contributed by atoms with Gasteiger partial charge in [-0.2, -0.15) is 0 Å². The summed E-state index contributed by atoms with van der Waals surface area (Å²) in [5.74, 6) is 5.32. The van der Waals surface area contributed by atoms with E-state index in [-0.39, 0.29) is 11.1 Å². The van der Waals surface area contributed by atoms with Crippen molar-refractivity contribution in [2.24, 2.45) is 5.84 Å². The Kier molecular flexibility index (Phi) is 4.08. The van der Waals surface area contributed by atoms with Gasteiger partial charge in [0.1, 0.15) is 11.0 Å². The summed E-state index contributed by atoms with van der Waals surface area (Å²) in [6.45, 7) is 0.425. The molecule has 2 rings (SSSR count). The molecule has 0 aliphatic heterocycles. The number of nitrogens with zero attached hydrogens (tertiary/aromatic N) is 2. The molecule has 0 fully saturated rings. The third-order valence-electron chi connectivity index (χ3n) is 2.11. The van der Waals surface area contributed by atoms with Crippen molar-refractivity contribution in [2.75, 3.05) is 5.43 Å². The Bertz CT molecular complexity index is 545. The molecule has 18 heavy (non-hydrogen) atoms. The minimum absolute atomic E-state index is 0.202. The Balaban J connectivity index is 2.06. The molecule has 2 heterocycles. The maximum absolute atomic E-state index is 11.9. The van der Waals surface area contributed by atoms with Crippen molar-refractivity contribution >= 4 is 34.7 Å². The van der Waals surface area contributed by atoms with Crippen molar-refractivity contribution in [3.63, 3.8) is 0 Å². The third kappa shape index (κ3) is 3.16. The average molecular weight is 284 g/mol. The smallest absolute Gasteiger partial charge is 0.251 e. The van der Waals surface area contributed by atoms with Crippen LogP contribution in [0.25, 0.3) is 0 Å². The number of hydrogen-bond acceptors (Lipinski definition) is 6. The standard InChI is InChI=1S/C10H10ClN5OS/c11-8-1-6(2-9(15-8)16-12)10(17)14-4-7-3-13-5-18-7/h1-3,5H,4,12H2,(H,14,17)(H,15,16). The molecule has 0 radical (unpaired) electrons. The second-order valence-corrected chi connectivity index (χ2v) is 4.72. The maximum atomic E-state index is 11.9. The van der Waals surface area contributed by atoms with Crippen LogP contribution < -0.4 is 16.6 Å². The second-order valence-electron chi connectivity index (χ2n) is 3.36. The van der Waals surface area contributed by atoms with Crippen LogP contribution in [-0.4, -0.2) is 15.9 Å². The van der Waals surface area contributed by atoms with Gasteiger partial charge >= 0.3 is 0 Å². The van der Waals surface area contributed by atoms with E-state index in [0.29, 0.717) is 17.9 Å². The van der Waals surface area contributed by atoms with E-state index in [2.05, 4.69) is 20.7 Å². The third-order valence-corrected chi connectivity index (χ3v) is 3.08. The zero-order chi connectivity index (χ0) is 13.0. The molecule has 0 saturated heterocycles. The molecule has 0 unspecified atom stereocenters. The zero-order valence-electron chi connectivity index (χ0n) is 9.18. The van der Waals surface area contributed by atoms with Crippen molar-refractivity contribution in [1.82, 2.24) is 15.3 Å². The number of amides is 1. The first-order valence-electron chi connectivity index (χ1n) is 4.99. The van der Waals surface area contributed by atoms with Gasteiger partial charge in [0.15, 0.2) is 0 Å². The van der Waals surface area contributed by atoms with Crippen LogP contribution >= 0.6 is 22.9 Å². The number of anilines is 1. The van der Waals surface area contributed by atoms with E-state index < -0.39 is 0 Å². The highest BCUT2D eigenvalue weighted by molar-refractivity contribution is 7.09. The van der Waals surface area contributed by atoms with Gasteiger partial charge in [-0.25, -0.2) is 10.8 Å². The normalized spacial score (nSPS) is 10.1. The van der Waals surface area contributed by atoms with E-state index in [1.165, 1.54) is 23.5 Å². The maximum Gasteiger partial charge on any atom is 0.251 e. The predicted molar refractivity (Wildman–Crippen MR) is 70.3 cm³/mol. The Morgan fingerprint density at radius 1 is 1.50 bits per heavy atom. The fraction of sp³-hybridized carbons (Fsp3) is 0.100. The SMILES string of the molecule is NNc1cc(C(=O)NCc2cncs2)cc(Cl)n1. The summed E-state index contributed by atoms with van der Waals surface area (Å²) in [7, 11) is 0. The number of halogens is 1. The molecule has 0 aromatic carbocycles. The quantitative estimate of drug-likeness (QED) is 0.448. The second kappa shape index (κ2) is 5.76. The van der Waals surface area contributed by atoms with Gasteiger partial charge in [0, 0.05) is 16.6 Å². The Labute approximate surface area is 112 Å². The molecule has 0 saturated carbocycles. The summed E-state index contributed by atoms with van der Waals surface area (Å²) >= 11 is 7.25. The summed E-state index contributed by atoms with van der Waals surface area (Å²) in [5, 5.41) is 2.96. The molecule has 4 N–H and O–H groups in total. The first kappa shape index (κ1) is 12.7. The minimum Gasteiger partial charge on any atom is -0.347 e. The number of carbonyl (C=O) groups is 1. The summed E-state index contributed by atoms with van der Waals surface area (Å²) in [4.78, 5) is 20.7. The lowest BCUT2D eigenvalue weighted by atomic mass is 10.2. The molecule has 2 aromatic heterocycles. The molecule has 0 aliphatic rings. The summed E-state index contributed by atoms with van der Waals surface area (Å²) in [6, 6.07) is 3.00. The first-order valence-corrected chi connectivity index (χ1v) is 6.24. The van der Waals surface area contributed by atoms with Crippen molar-refractivity contribution < 1.29 is 4.79 Å². The minimum atomic E-state index is -0.246. The van der Waals surface area contributed by atoms with Crippen LogP contribution in [0.1, 0.15) is 15.2 Å². The molecular formula is C10H10ClN5OS. The van der Waals surface area contributed by atoms with Crippen molar-refractivity contribution in [3.05, 3.63) is 39.4 Å². The molecule has 6 nitrogen and oxygen atoms in total. The lowest BCUT2D eigenvalue weighted by molar-refractivity contribution is 0.0951. The number of pyridine rings is 1. The molecule has 2 aromatic rings. The number of hydrazine groups is 1. The lowest BCUT2D eigenvalue weighted by Crippen LogP contribution is -2.23. The van der Waals surface area contributed by atoms with E-state index in [0.717, 1.165) is 4.88 Å². The van der Waals surface area contributed by atoms with Gasteiger partial charge in [-0.15, -0.1) is 11.3 Å². The van der Waals surface area contributed by atoms with Crippen LogP contribution in [0.5, 0.6) is 0 Å². The van der Waals surface area contributed by atoms with E-state index >= 15 is 0 Å². The number of nitrogens with one attached hydrogen (secondary N) is 2. The number of aromatic nitrogens is 2. The van der Waals surface area contributed by atoms with Crippen LogP contribution in [0.4, 0.5) is 5.82 Å². The summed E-state index contributed by atoms with van der Waals surface area (Å²) in [5.41, 5.74) is 4.45. The average Bonchev–Trinajstić information content (AvgIpc) is 2.88. The molecule has 1 amide bonds. The fourth-order valence-corrected chi connectivity index (χ4v) is 2.04. The molecule has 0 aliphatic carbocycles. The van der Waals surface area contributed by atoms with Gasteiger partial charge in [-0.05, 0) is 12.1 Å². The highest BCUT2D eigenvalue weighted by atomic mass is 35.5. The van der Waals surface area contributed by atoms with Crippen LogP contribution in [0.15, 0.2) is 23.8 Å². The van der Waals surface area contributed by atoms with Gasteiger partial charge < -0.3 is 10.7 Å². The molecule has 0 atom stereocenters. The zero-order valence-corrected chi connectivity index (χ0v) is 10.8. The molecule has 0 spiro atoms. The van der Waals surface area contributed by atoms with E-state index in [4.69, 9.17) is 17.4 Å². The number of nitrogens with two attached hydrogens (primary N) is 1. The van der Waals surface area contributed by atoms with Crippen LogP contribution in [0, 0.1) is 0 Å². The Hall–Kier alpha value is -1.70. The molecule has 8 heteroatoms. The van der Waals surface area contributed by atoms with Gasteiger partial charge in [-0.1, -0.05) is 11.6 Å². The summed E-state index contributed by atoms with van der Waals surface area (Å²) < 4.78 is 0. The molecular weight excluding hydrogens is 274 g/mol. The van der Waals surface area contributed by atoms with Crippen LogP contribution in [0.2, 0.25) is 5.15 Å². The highest BCUT2D eigenvalue weighted by Gasteiger charge is 2.09. The molecule has 94 valence electrons. The van der Waals surface area contributed by atoms with E-state index in [1.54, 1.807) is 11.7 Å². The van der Waals surface area contributed by atoms with Gasteiger partial charge in [0.05, 0.1) is 12.1 Å². The van der Waals surface area contributed by atoms with E-state index in [1.807, 2.05) is 0 Å². The summed E-state index contributed by atoms with van der Waals surface area (Å²) in [6.07, 6.45) is 1.71. The van der Waals surface area contributed by atoms with Gasteiger partial charge in [-0.3, -0.25) is 9.78 Å². The highest BCUT2D eigenvalue weighted by Crippen LogP contribution is 2.14. The predicted octanol–water partition coefficient (Wildman–Crippen LogP) is 1.41. The largest absolute Gasteiger partial charge is 0.347 e. The topological polar surface area (TPSA) is 92.9 Å². The van der Waals surface area contributed by atoms with Crippen molar-refractivity contribution in [3.8, 4) is 0 Å². The number of rotatable bonds is 4. The number of nitrogen functional groups attached to an aromatic ring is 1. The monoisotopic (exact) mass is 283 g/mol. The van der Waals surface area contributed by atoms with Crippen LogP contribution in [-0.2, 0) is 6.54 Å². The van der Waals surface area contributed by atoms with Crippen molar-refractivity contribution in [1.29, 1.82) is 0 Å². The van der Waals surface area contributed by atoms with Gasteiger partial charge in [0.2, 0.25) is 0 Å². The number of thiazole rings is 1. The number of hydrogen-bond donors (Lipinski definition) is 3. The lowest BCUT2D eigenvalue weighted by Gasteiger charge is -2.06. The van der Waals surface area contributed by atoms with Gasteiger partial charge in [0.25, 0.3) is 5.91 Å². The molecule has 0 bridgehead atoms. The first-order chi connectivity index (χ1) is 8.69. The number of carbonyl (C=O) groups excluding carboxylic acids is 1.